The molecular weight excluding hydrogens is 276 g/mol. The number of benzene rings is 1. The maximum atomic E-state index is 3.51. The van der Waals surface area contributed by atoms with Gasteiger partial charge in [-0.2, -0.15) is 0 Å². The highest BCUT2D eigenvalue weighted by molar-refractivity contribution is 9.10. The van der Waals surface area contributed by atoms with Crippen molar-refractivity contribution >= 4 is 26.8 Å². The van der Waals surface area contributed by atoms with Gasteiger partial charge in [0.2, 0.25) is 0 Å². The van der Waals surface area contributed by atoms with E-state index in [1.54, 1.807) is 0 Å². The van der Waals surface area contributed by atoms with Crippen LogP contribution in [0.1, 0.15) is 19.8 Å². The van der Waals surface area contributed by atoms with Crippen LogP contribution < -0.4 is 5.32 Å². The minimum atomic E-state index is 1.07. The monoisotopic (exact) mass is 294 g/mol. The van der Waals surface area contributed by atoms with Crippen LogP contribution in [0.15, 0.2) is 34.9 Å². The molecule has 0 saturated carbocycles. The van der Waals surface area contributed by atoms with Gasteiger partial charge in [-0.3, -0.25) is 0 Å². The first-order valence-corrected chi connectivity index (χ1v) is 7.05. The molecule has 0 radical (unpaired) electrons. The molecule has 0 saturated heterocycles. The zero-order valence-electron chi connectivity index (χ0n) is 10.2. The molecule has 17 heavy (non-hydrogen) atoms. The standard InChI is InChI=1S/C14H19BrN2/c1-2-16-8-3-4-9-17-10-7-12-11-13(15)5-6-14(12)17/h5-7,10-11,16H,2-4,8-9H2,1H3. The van der Waals surface area contributed by atoms with Gasteiger partial charge in [-0.1, -0.05) is 22.9 Å². The number of aromatic nitrogens is 1. The molecule has 0 amide bonds. The van der Waals surface area contributed by atoms with Crippen molar-refractivity contribution in [3.05, 3.63) is 34.9 Å². The number of fused-ring (bicyclic) bond motifs is 1. The Hall–Kier alpha value is -0.800. The highest BCUT2D eigenvalue weighted by Crippen LogP contribution is 2.21. The van der Waals surface area contributed by atoms with Gasteiger partial charge < -0.3 is 9.88 Å². The lowest BCUT2D eigenvalue weighted by Gasteiger charge is -2.06. The third-order valence-corrected chi connectivity index (χ3v) is 3.48. The summed E-state index contributed by atoms with van der Waals surface area (Å²) < 4.78 is 3.49. The Bertz CT molecular complexity index is 476. The van der Waals surface area contributed by atoms with Gasteiger partial charge in [0, 0.05) is 28.1 Å². The van der Waals surface area contributed by atoms with Gasteiger partial charge in [-0.05, 0) is 50.2 Å². The van der Waals surface area contributed by atoms with E-state index in [4.69, 9.17) is 0 Å². The van der Waals surface area contributed by atoms with Gasteiger partial charge in [-0.15, -0.1) is 0 Å². The molecule has 1 N–H and O–H groups in total. The summed E-state index contributed by atoms with van der Waals surface area (Å²) in [6.07, 6.45) is 4.65. The average Bonchev–Trinajstić information content (AvgIpc) is 2.71. The summed E-state index contributed by atoms with van der Waals surface area (Å²) >= 11 is 3.51. The molecule has 0 spiro atoms. The Balaban J connectivity index is 1.95. The molecule has 1 heterocycles. The van der Waals surface area contributed by atoms with Crippen LogP contribution in [0.4, 0.5) is 0 Å². The van der Waals surface area contributed by atoms with E-state index in [1.165, 1.54) is 23.7 Å². The maximum absolute atomic E-state index is 3.51. The summed E-state index contributed by atoms with van der Waals surface area (Å²) in [5.74, 6) is 0. The summed E-state index contributed by atoms with van der Waals surface area (Å²) in [6.45, 7) is 5.45. The predicted octanol–water partition coefficient (Wildman–Crippen LogP) is 3.79. The first-order chi connectivity index (χ1) is 8.31. The summed E-state index contributed by atoms with van der Waals surface area (Å²) in [7, 11) is 0. The first-order valence-electron chi connectivity index (χ1n) is 6.26. The molecule has 0 unspecified atom stereocenters. The molecule has 0 bridgehead atoms. The fraction of sp³-hybridized carbons (Fsp3) is 0.429. The van der Waals surface area contributed by atoms with Crippen molar-refractivity contribution in [2.45, 2.75) is 26.3 Å². The molecular formula is C14H19BrN2. The van der Waals surface area contributed by atoms with Gasteiger partial charge in [0.15, 0.2) is 0 Å². The van der Waals surface area contributed by atoms with Crippen LogP contribution in [-0.4, -0.2) is 17.7 Å². The number of aryl methyl sites for hydroxylation is 1. The number of rotatable bonds is 6. The van der Waals surface area contributed by atoms with E-state index in [0.717, 1.165) is 24.1 Å². The number of nitrogens with zero attached hydrogens (tertiary/aromatic N) is 1. The van der Waals surface area contributed by atoms with E-state index in [1.807, 2.05) is 0 Å². The third kappa shape index (κ3) is 3.33. The van der Waals surface area contributed by atoms with Crippen molar-refractivity contribution in [2.75, 3.05) is 13.1 Å². The lowest BCUT2D eigenvalue weighted by atomic mass is 10.2. The number of hydrogen-bond donors (Lipinski definition) is 1. The minimum Gasteiger partial charge on any atom is -0.347 e. The highest BCUT2D eigenvalue weighted by Gasteiger charge is 2.00. The van der Waals surface area contributed by atoms with E-state index in [0.29, 0.717) is 0 Å². The van der Waals surface area contributed by atoms with Crippen molar-refractivity contribution in [3.8, 4) is 0 Å². The van der Waals surface area contributed by atoms with E-state index >= 15 is 0 Å². The van der Waals surface area contributed by atoms with Crippen LogP contribution in [0, 0.1) is 0 Å². The predicted molar refractivity (Wildman–Crippen MR) is 77.4 cm³/mol. The highest BCUT2D eigenvalue weighted by atomic mass is 79.9. The Morgan fingerprint density at radius 1 is 1.24 bits per heavy atom. The number of unbranched alkanes of at least 4 members (excludes halogenated alkanes) is 1. The molecule has 2 aromatic rings. The molecule has 2 nitrogen and oxygen atoms in total. The number of nitrogens with one attached hydrogen (secondary N) is 1. The zero-order chi connectivity index (χ0) is 12.1. The van der Waals surface area contributed by atoms with Crippen LogP contribution in [-0.2, 0) is 6.54 Å². The second-order valence-corrected chi connectivity index (χ2v) is 5.19. The SMILES string of the molecule is CCNCCCCn1ccc2cc(Br)ccc21. The van der Waals surface area contributed by atoms with Crippen LogP contribution in [0.25, 0.3) is 10.9 Å². The summed E-state index contributed by atoms with van der Waals surface area (Å²) in [4.78, 5) is 0. The Kier molecular flexibility index (Phi) is 4.63. The van der Waals surface area contributed by atoms with Crippen LogP contribution in [0.5, 0.6) is 0 Å². The van der Waals surface area contributed by atoms with Crippen LogP contribution >= 0.6 is 15.9 Å². The van der Waals surface area contributed by atoms with E-state index in [2.05, 4.69) is 63.2 Å². The van der Waals surface area contributed by atoms with E-state index < -0.39 is 0 Å². The van der Waals surface area contributed by atoms with Crippen molar-refractivity contribution in [2.24, 2.45) is 0 Å². The second kappa shape index (κ2) is 6.22. The van der Waals surface area contributed by atoms with E-state index in [9.17, 15) is 0 Å². The van der Waals surface area contributed by atoms with Crippen molar-refractivity contribution in [1.29, 1.82) is 0 Å². The molecule has 0 aliphatic heterocycles. The van der Waals surface area contributed by atoms with Gasteiger partial charge in [0.05, 0.1) is 0 Å². The summed E-state index contributed by atoms with van der Waals surface area (Å²) in [5.41, 5.74) is 1.33. The number of hydrogen-bond acceptors (Lipinski definition) is 1. The van der Waals surface area contributed by atoms with Crippen molar-refractivity contribution in [1.82, 2.24) is 9.88 Å². The molecule has 0 aliphatic rings. The lowest BCUT2D eigenvalue weighted by Crippen LogP contribution is -2.14. The van der Waals surface area contributed by atoms with E-state index in [-0.39, 0.29) is 0 Å². The van der Waals surface area contributed by atoms with Gasteiger partial charge >= 0.3 is 0 Å². The smallest absolute Gasteiger partial charge is 0.0481 e. The molecule has 92 valence electrons. The molecule has 0 atom stereocenters. The topological polar surface area (TPSA) is 17.0 Å². The minimum absolute atomic E-state index is 1.07. The molecule has 1 aromatic carbocycles. The fourth-order valence-electron chi connectivity index (χ4n) is 2.07. The average molecular weight is 295 g/mol. The maximum Gasteiger partial charge on any atom is 0.0481 e. The molecule has 0 fully saturated rings. The summed E-state index contributed by atoms with van der Waals surface area (Å²) in [6, 6.07) is 8.65. The van der Waals surface area contributed by atoms with Gasteiger partial charge in [0.1, 0.15) is 0 Å². The number of halogens is 1. The Labute approximate surface area is 111 Å². The Morgan fingerprint density at radius 2 is 2.12 bits per heavy atom. The summed E-state index contributed by atoms with van der Waals surface area (Å²) in [5, 5.41) is 4.67. The van der Waals surface area contributed by atoms with Crippen molar-refractivity contribution in [3.63, 3.8) is 0 Å². The normalized spacial score (nSPS) is 11.2. The fourth-order valence-corrected chi connectivity index (χ4v) is 2.45. The van der Waals surface area contributed by atoms with Gasteiger partial charge in [0.25, 0.3) is 0 Å². The van der Waals surface area contributed by atoms with Crippen LogP contribution in [0.3, 0.4) is 0 Å². The van der Waals surface area contributed by atoms with Crippen molar-refractivity contribution < 1.29 is 0 Å². The second-order valence-electron chi connectivity index (χ2n) is 4.27. The molecule has 3 heteroatoms. The molecule has 1 aromatic heterocycles. The molecule has 0 aliphatic carbocycles. The zero-order valence-corrected chi connectivity index (χ0v) is 11.8. The first kappa shape index (κ1) is 12.7. The largest absolute Gasteiger partial charge is 0.347 e. The van der Waals surface area contributed by atoms with Crippen LogP contribution in [0.2, 0.25) is 0 Å². The quantitative estimate of drug-likeness (QED) is 0.802. The Morgan fingerprint density at radius 3 is 2.94 bits per heavy atom. The van der Waals surface area contributed by atoms with Gasteiger partial charge in [-0.25, -0.2) is 0 Å². The third-order valence-electron chi connectivity index (χ3n) is 2.99. The molecule has 2 rings (SSSR count). The lowest BCUT2D eigenvalue weighted by molar-refractivity contribution is 0.586.